The van der Waals surface area contributed by atoms with Crippen LogP contribution in [0.15, 0.2) is 0 Å². The van der Waals surface area contributed by atoms with Crippen molar-refractivity contribution < 1.29 is 27.1 Å². The molecule has 2 aliphatic heterocycles. The summed E-state index contributed by atoms with van der Waals surface area (Å²) in [6.45, 7) is 1.33. The second-order valence-electron chi connectivity index (χ2n) is 12.5. The van der Waals surface area contributed by atoms with Crippen molar-refractivity contribution in [2.45, 2.75) is 93.0 Å². The smallest absolute Gasteiger partial charge is 0.393 e. The molecule has 0 aromatic heterocycles. The fourth-order valence-electron chi connectivity index (χ4n) is 7.61. The molecular formula is C27H40Cl2F4N4O2. The zero-order chi connectivity index (χ0) is 27.9. The zero-order valence-electron chi connectivity index (χ0n) is 22.1. The second kappa shape index (κ2) is 12.1. The number of hydrogen-bond acceptors (Lipinski definition) is 4. The molecule has 3 aliphatic carbocycles. The number of amides is 1. The summed E-state index contributed by atoms with van der Waals surface area (Å²) in [5.41, 5.74) is 0. The van der Waals surface area contributed by atoms with Gasteiger partial charge < -0.3 is 20.3 Å². The Kier molecular flexibility index (Phi) is 9.14. The van der Waals surface area contributed by atoms with Gasteiger partial charge in [0.15, 0.2) is 0 Å². The van der Waals surface area contributed by atoms with Gasteiger partial charge in [-0.2, -0.15) is 13.2 Å². The predicted octanol–water partition coefficient (Wildman–Crippen LogP) is 5.07. The number of carbonyl (C=O) groups excluding carboxylic acids is 1. The highest BCUT2D eigenvalue weighted by molar-refractivity contribution is 6.30. The van der Waals surface area contributed by atoms with Crippen LogP contribution < -0.4 is 10.6 Å². The number of carbonyl (C=O) groups is 1. The van der Waals surface area contributed by atoms with Gasteiger partial charge in [-0.25, -0.2) is 4.39 Å². The highest BCUT2D eigenvalue weighted by Gasteiger charge is 2.52. The molecule has 39 heavy (non-hydrogen) atoms. The van der Waals surface area contributed by atoms with Crippen LogP contribution in [0, 0.1) is 40.9 Å². The molecule has 0 spiro atoms. The van der Waals surface area contributed by atoms with E-state index in [4.69, 9.17) is 33.3 Å². The van der Waals surface area contributed by atoms with E-state index in [0.29, 0.717) is 44.9 Å². The Morgan fingerprint density at radius 2 is 1.82 bits per heavy atom. The van der Waals surface area contributed by atoms with Gasteiger partial charge in [0.25, 0.3) is 6.02 Å². The summed E-state index contributed by atoms with van der Waals surface area (Å²) in [4.78, 5) is 15.6. The molecule has 10 atom stereocenters. The van der Waals surface area contributed by atoms with Crippen LogP contribution in [0.3, 0.4) is 0 Å². The van der Waals surface area contributed by atoms with Gasteiger partial charge in [-0.15, -0.1) is 23.2 Å². The van der Waals surface area contributed by atoms with Crippen LogP contribution in [0.1, 0.15) is 57.8 Å². The molecular weight excluding hydrogens is 559 g/mol. The van der Waals surface area contributed by atoms with Crippen LogP contribution >= 0.6 is 23.2 Å². The molecule has 5 rings (SSSR count). The maximum absolute atomic E-state index is 14.1. The van der Waals surface area contributed by atoms with E-state index in [1.807, 2.05) is 0 Å². The normalized spacial score (nSPS) is 40.7. The van der Waals surface area contributed by atoms with Crippen molar-refractivity contribution in [1.29, 1.82) is 5.41 Å². The summed E-state index contributed by atoms with van der Waals surface area (Å²) in [5, 5.41) is 14.0. The van der Waals surface area contributed by atoms with Gasteiger partial charge in [-0.1, -0.05) is 0 Å². The number of nitrogens with zero attached hydrogens (tertiary/aromatic N) is 1. The largest absolute Gasteiger partial charge is 0.463 e. The Morgan fingerprint density at radius 1 is 1.08 bits per heavy atom. The summed E-state index contributed by atoms with van der Waals surface area (Å²) in [5.74, 6) is -2.17. The van der Waals surface area contributed by atoms with Crippen LogP contribution in [0.4, 0.5) is 17.6 Å². The van der Waals surface area contributed by atoms with E-state index >= 15 is 0 Å². The third-order valence-electron chi connectivity index (χ3n) is 9.70. The van der Waals surface area contributed by atoms with Crippen molar-refractivity contribution in [3.63, 3.8) is 0 Å². The highest BCUT2D eigenvalue weighted by atomic mass is 35.5. The Hall–Kier alpha value is -1.00. The predicted molar refractivity (Wildman–Crippen MR) is 142 cm³/mol. The Bertz CT molecular complexity index is 894. The molecule has 1 amide bonds. The number of piperidine rings is 1. The number of ether oxygens (including phenoxy) is 1. The minimum atomic E-state index is -4.52. The van der Waals surface area contributed by atoms with Crippen molar-refractivity contribution in [3.8, 4) is 0 Å². The zero-order valence-corrected chi connectivity index (χ0v) is 23.6. The van der Waals surface area contributed by atoms with E-state index in [-0.39, 0.29) is 47.1 Å². The van der Waals surface area contributed by atoms with E-state index in [0.717, 1.165) is 32.1 Å². The Labute approximate surface area is 237 Å². The lowest BCUT2D eigenvalue weighted by Crippen LogP contribution is -2.57. The van der Waals surface area contributed by atoms with E-state index in [2.05, 4.69) is 10.6 Å². The van der Waals surface area contributed by atoms with Gasteiger partial charge in [-0.05, 0) is 81.5 Å². The van der Waals surface area contributed by atoms with Crippen LogP contribution in [0.2, 0.25) is 0 Å². The summed E-state index contributed by atoms with van der Waals surface area (Å²) in [6, 6.07) is -0.855. The molecule has 3 N–H and O–H groups in total. The van der Waals surface area contributed by atoms with Gasteiger partial charge >= 0.3 is 6.18 Å². The molecule has 9 unspecified atom stereocenters. The van der Waals surface area contributed by atoms with Gasteiger partial charge in [0.1, 0.15) is 12.8 Å². The molecule has 5 aliphatic rings. The summed E-state index contributed by atoms with van der Waals surface area (Å²) >= 11 is 12.8. The molecule has 6 nitrogen and oxygen atoms in total. The van der Waals surface area contributed by atoms with Gasteiger partial charge in [-0.3, -0.25) is 10.2 Å². The van der Waals surface area contributed by atoms with Crippen LogP contribution in [0.5, 0.6) is 0 Å². The van der Waals surface area contributed by atoms with Gasteiger partial charge in [0, 0.05) is 36.5 Å². The number of halogens is 6. The third kappa shape index (κ3) is 7.08. The number of nitrogens with one attached hydrogen (secondary N) is 3. The topological polar surface area (TPSA) is 77.5 Å². The van der Waals surface area contributed by atoms with Crippen molar-refractivity contribution >= 4 is 35.1 Å². The second-order valence-corrected chi connectivity index (χ2v) is 13.6. The number of rotatable bonds is 7. The first-order valence-electron chi connectivity index (χ1n) is 14.5. The summed E-state index contributed by atoms with van der Waals surface area (Å²) in [7, 11) is 0. The fraction of sp³-hybridized carbons (Fsp3) is 0.926. The lowest BCUT2D eigenvalue weighted by atomic mass is 9.68. The van der Waals surface area contributed by atoms with E-state index < -0.39 is 42.6 Å². The van der Waals surface area contributed by atoms with Crippen molar-refractivity contribution in [2.24, 2.45) is 35.5 Å². The first-order valence-corrected chi connectivity index (χ1v) is 15.4. The minimum absolute atomic E-state index is 0.00456. The van der Waals surface area contributed by atoms with Crippen molar-refractivity contribution in [1.82, 2.24) is 15.5 Å². The van der Waals surface area contributed by atoms with Crippen molar-refractivity contribution in [3.05, 3.63) is 0 Å². The lowest BCUT2D eigenvalue weighted by Gasteiger charge is -2.45. The Balaban J connectivity index is 1.32. The maximum Gasteiger partial charge on any atom is 0.393 e. The SMILES string of the molecule is N=C1OCCN1CC1CC(C(=O)N[C@@H](C2CC2)C2CCC(Cl)C(Cl)C2)CC(C2NCC(F)CC2C(F)(F)F)C1. The molecule has 0 aromatic rings. The standard InChI is InChI=1S/C27H40Cl2F4N4O2/c28-21-4-3-16(10-22(21)29)23(15-1-2-15)36-25(38)18-8-14(13-37-5-6-39-26(37)34)7-17(9-18)24-20(27(31,32)33)11-19(30)12-35-24/h14-24,34-35H,1-13H2,(H,36,38)/t14?,16?,17?,18?,19?,20?,21?,22?,23-,24?/m0/s1. The average Bonchev–Trinajstić information content (AvgIpc) is 3.65. The van der Waals surface area contributed by atoms with Crippen molar-refractivity contribution in [2.75, 3.05) is 26.2 Å². The lowest BCUT2D eigenvalue weighted by molar-refractivity contribution is -0.199. The van der Waals surface area contributed by atoms with E-state index in [1.54, 1.807) is 4.90 Å². The molecule has 0 radical (unpaired) electrons. The molecule has 12 heteroatoms. The number of alkyl halides is 6. The van der Waals surface area contributed by atoms with Crippen LogP contribution in [-0.4, -0.2) is 78.3 Å². The molecule has 3 saturated carbocycles. The monoisotopic (exact) mass is 598 g/mol. The summed E-state index contributed by atoms with van der Waals surface area (Å²) < 4.78 is 61.4. The van der Waals surface area contributed by atoms with E-state index in [9.17, 15) is 22.4 Å². The number of amidine groups is 1. The molecule has 0 aromatic carbocycles. The number of hydrogen-bond donors (Lipinski definition) is 3. The average molecular weight is 600 g/mol. The van der Waals surface area contributed by atoms with Crippen LogP contribution in [0.25, 0.3) is 0 Å². The first kappa shape index (κ1) is 29.5. The fourth-order valence-corrected chi connectivity index (χ4v) is 8.19. The minimum Gasteiger partial charge on any atom is -0.463 e. The molecule has 0 bridgehead atoms. The molecule has 5 fully saturated rings. The quantitative estimate of drug-likeness (QED) is 0.282. The highest BCUT2D eigenvalue weighted by Crippen LogP contribution is 2.46. The Morgan fingerprint density at radius 3 is 2.46 bits per heavy atom. The van der Waals surface area contributed by atoms with E-state index in [1.165, 1.54) is 0 Å². The van der Waals surface area contributed by atoms with Gasteiger partial charge in [0.2, 0.25) is 5.91 Å². The molecule has 2 heterocycles. The van der Waals surface area contributed by atoms with Crippen LogP contribution in [-0.2, 0) is 9.53 Å². The maximum atomic E-state index is 14.1. The van der Waals surface area contributed by atoms with Gasteiger partial charge in [0.05, 0.1) is 17.8 Å². The summed E-state index contributed by atoms with van der Waals surface area (Å²) in [6.07, 6.45) is -0.680. The molecule has 2 saturated heterocycles. The molecule has 222 valence electrons. The first-order chi connectivity index (χ1) is 18.5. The third-order valence-corrected chi connectivity index (χ3v) is 10.8.